The largest absolute Gasteiger partial charge is 0.336 e. The van der Waals surface area contributed by atoms with Crippen molar-refractivity contribution in [3.05, 3.63) is 0 Å². The molecule has 2 fully saturated rings. The Labute approximate surface area is 128 Å². The molecule has 0 bridgehead atoms. The van der Waals surface area contributed by atoms with Crippen LogP contribution in [-0.4, -0.2) is 66.6 Å². The first-order valence-electron chi connectivity index (χ1n) is 7.81. The predicted molar refractivity (Wildman–Crippen MR) is 82.0 cm³/mol. The average molecular weight is 317 g/mol. The number of piperidine rings is 1. The Morgan fingerprint density at radius 2 is 1.95 bits per heavy atom. The van der Waals surface area contributed by atoms with E-state index < -0.39 is 10.2 Å². The van der Waals surface area contributed by atoms with Crippen molar-refractivity contribution in [2.75, 3.05) is 27.2 Å². The Morgan fingerprint density at radius 1 is 1.29 bits per heavy atom. The topological polar surface area (TPSA) is 60.9 Å². The van der Waals surface area contributed by atoms with Crippen molar-refractivity contribution in [1.82, 2.24) is 13.5 Å². The van der Waals surface area contributed by atoms with E-state index in [2.05, 4.69) is 0 Å². The maximum absolute atomic E-state index is 12.6. The van der Waals surface area contributed by atoms with Gasteiger partial charge in [-0.3, -0.25) is 4.79 Å². The summed E-state index contributed by atoms with van der Waals surface area (Å²) in [6, 6.07) is -0.120. The van der Waals surface area contributed by atoms with Gasteiger partial charge in [-0.1, -0.05) is 6.92 Å². The highest BCUT2D eigenvalue weighted by Gasteiger charge is 2.55. The van der Waals surface area contributed by atoms with Gasteiger partial charge >= 0.3 is 0 Å². The molecule has 2 atom stereocenters. The summed E-state index contributed by atoms with van der Waals surface area (Å²) in [5.41, 5.74) is -0.304. The normalized spacial score (nSPS) is 31.6. The molecule has 7 heteroatoms. The van der Waals surface area contributed by atoms with E-state index in [1.807, 2.05) is 18.7 Å². The van der Waals surface area contributed by atoms with E-state index >= 15 is 0 Å². The number of likely N-dealkylation sites (N-methyl/N-ethyl adjacent to an activating group) is 1. The quantitative estimate of drug-likeness (QED) is 0.778. The van der Waals surface area contributed by atoms with Gasteiger partial charge in [0.05, 0.1) is 5.54 Å². The molecule has 2 aliphatic heterocycles. The molecular formula is C14H27N3O3S. The summed E-state index contributed by atoms with van der Waals surface area (Å²) in [5, 5.41) is 0. The minimum absolute atomic E-state index is 0.120. The van der Waals surface area contributed by atoms with Crippen molar-refractivity contribution in [2.24, 2.45) is 0 Å². The maximum Gasteiger partial charge on any atom is 0.281 e. The van der Waals surface area contributed by atoms with Gasteiger partial charge in [-0.15, -0.1) is 0 Å². The Bertz CT molecular complexity index is 506. The number of hydrogen-bond acceptors (Lipinski definition) is 3. The van der Waals surface area contributed by atoms with Crippen LogP contribution in [0.2, 0.25) is 0 Å². The molecule has 122 valence electrons. The SMILES string of the molecule is CC[C@@H]1N(S(=O)(=O)N(C)C)CCC[C@]12CCC(=O)N2CC. The molecule has 0 N–H and O–H groups in total. The maximum atomic E-state index is 12.6. The van der Waals surface area contributed by atoms with Gasteiger partial charge in [0, 0.05) is 39.6 Å². The Morgan fingerprint density at radius 3 is 2.48 bits per heavy atom. The van der Waals surface area contributed by atoms with E-state index in [1.54, 1.807) is 18.4 Å². The minimum Gasteiger partial charge on any atom is -0.336 e. The van der Waals surface area contributed by atoms with Crippen molar-refractivity contribution in [1.29, 1.82) is 0 Å². The van der Waals surface area contributed by atoms with Gasteiger partial charge in [-0.05, 0) is 32.6 Å². The molecule has 0 aromatic carbocycles. The van der Waals surface area contributed by atoms with E-state index in [4.69, 9.17) is 0 Å². The third-order valence-corrected chi connectivity index (χ3v) is 6.98. The van der Waals surface area contributed by atoms with Gasteiger partial charge in [0.2, 0.25) is 5.91 Å². The molecule has 2 saturated heterocycles. The lowest BCUT2D eigenvalue weighted by Crippen LogP contribution is -2.65. The summed E-state index contributed by atoms with van der Waals surface area (Å²) in [6.07, 6.45) is 3.77. The second kappa shape index (κ2) is 5.85. The van der Waals surface area contributed by atoms with Crippen LogP contribution in [0.5, 0.6) is 0 Å². The van der Waals surface area contributed by atoms with Crippen molar-refractivity contribution < 1.29 is 13.2 Å². The Balaban J connectivity index is 2.43. The van der Waals surface area contributed by atoms with Gasteiger partial charge in [0.15, 0.2) is 0 Å². The van der Waals surface area contributed by atoms with E-state index in [0.717, 1.165) is 25.7 Å². The zero-order chi connectivity index (χ0) is 15.8. The Hall–Kier alpha value is -0.660. The number of rotatable bonds is 4. The first-order valence-corrected chi connectivity index (χ1v) is 9.20. The molecule has 6 nitrogen and oxygen atoms in total. The van der Waals surface area contributed by atoms with Crippen LogP contribution in [0.15, 0.2) is 0 Å². The first-order chi connectivity index (χ1) is 9.81. The third-order valence-electron chi connectivity index (χ3n) is 5.03. The summed E-state index contributed by atoms with van der Waals surface area (Å²) < 4.78 is 28.1. The van der Waals surface area contributed by atoms with Crippen LogP contribution in [-0.2, 0) is 15.0 Å². The monoisotopic (exact) mass is 317 g/mol. The second-order valence-corrected chi connectivity index (χ2v) is 8.27. The molecule has 1 spiro atoms. The molecule has 0 saturated carbocycles. The summed E-state index contributed by atoms with van der Waals surface area (Å²) >= 11 is 0. The molecule has 0 unspecified atom stereocenters. The van der Waals surface area contributed by atoms with Gasteiger partial charge in [0.1, 0.15) is 0 Å². The fourth-order valence-electron chi connectivity index (χ4n) is 4.14. The molecule has 0 radical (unpaired) electrons. The Kier molecular flexibility index (Phi) is 4.66. The smallest absolute Gasteiger partial charge is 0.281 e. The van der Waals surface area contributed by atoms with E-state index in [-0.39, 0.29) is 17.5 Å². The lowest BCUT2D eigenvalue weighted by atomic mass is 9.79. The lowest BCUT2D eigenvalue weighted by Gasteiger charge is -2.51. The van der Waals surface area contributed by atoms with Crippen LogP contribution in [0.25, 0.3) is 0 Å². The first kappa shape index (κ1) is 16.7. The zero-order valence-corrected chi connectivity index (χ0v) is 14.3. The molecule has 2 heterocycles. The van der Waals surface area contributed by atoms with Gasteiger partial charge < -0.3 is 4.90 Å². The fraction of sp³-hybridized carbons (Fsp3) is 0.929. The third kappa shape index (κ3) is 2.49. The summed E-state index contributed by atoms with van der Waals surface area (Å²) in [5.74, 6) is 0.167. The minimum atomic E-state index is -3.45. The number of carbonyl (C=O) groups is 1. The summed E-state index contributed by atoms with van der Waals surface area (Å²) in [6.45, 7) is 5.21. The molecule has 0 aromatic rings. The van der Waals surface area contributed by atoms with Crippen LogP contribution >= 0.6 is 0 Å². The van der Waals surface area contributed by atoms with Crippen LogP contribution in [0, 0.1) is 0 Å². The van der Waals surface area contributed by atoms with Crippen LogP contribution in [0.3, 0.4) is 0 Å². The average Bonchev–Trinajstić information content (AvgIpc) is 2.75. The molecule has 0 aliphatic carbocycles. The second-order valence-electron chi connectivity index (χ2n) is 6.17. The highest BCUT2D eigenvalue weighted by atomic mass is 32.2. The molecule has 2 rings (SSSR count). The zero-order valence-electron chi connectivity index (χ0n) is 13.5. The predicted octanol–water partition coefficient (Wildman–Crippen LogP) is 1.05. The van der Waals surface area contributed by atoms with Gasteiger partial charge in [0.25, 0.3) is 10.2 Å². The highest BCUT2D eigenvalue weighted by molar-refractivity contribution is 7.86. The van der Waals surface area contributed by atoms with E-state index in [0.29, 0.717) is 19.5 Å². The lowest BCUT2D eigenvalue weighted by molar-refractivity contribution is -0.133. The van der Waals surface area contributed by atoms with Crippen LogP contribution < -0.4 is 0 Å². The number of likely N-dealkylation sites (tertiary alicyclic amines) is 1. The highest BCUT2D eigenvalue weighted by Crippen LogP contribution is 2.44. The standard InChI is InChI=1S/C14H27N3O3S/c1-5-12-14(10-8-13(18)16(14)6-2)9-7-11-17(12)21(19,20)15(3)4/h12H,5-11H2,1-4H3/t12-,14-/m0/s1. The van der Waals surface area contributed by atoms with Crippen molar-refractivity contribution >= 4 is 16.1 Å². The molecular weight excluding hydrogens is 290 g/mol. The summed E-state index contributed by atoms with van der Waals surface area (Å²) in [4.78, 5) is 14.1. The number of carbonyl (C=O) groups excluding carboxylic acids is 1. The fourth-order valence-corrected chi connectivity index (χ4v) is 5.59. The molecule has 21 heavy (non-hydrogen) atoms. The van der Waals surface area contributed by atoms with E-state index in [9.17, 15) is 13.2 Å². The molecule has 0 aromatic heterocycles. The number of hydrogen-bond donors (Lipinski definition) is 0. The molecule has 1 amide bonds. The van der Waals surface area contributed by atoms with Crippen LogP contribution in [0.1, 0.15) is 46.0 Å². The van der Waals surface area contributed by atoms with Gasteiger partial charge in [-0.2, -0.15) is 17.0 Å². The van der Waals surface area contributed by atoms with Crippen LogP contribution in [0.4, 0.5) is 0 Å². The molecule has 2 aliphatic rings. The van der Waals surface area contributed by atoms with E-state index in [1.165, 1.54) is 4.31 Å². The van der Waals surface area contributed by atoms with Crippen molar-refractivity contribution in [3.63, 3.8) is 0 Å². The number of amides is 1. The van der Waals surface area contributed by atoms with Gasteiger partial charge in [-0.25, -0.2) is 0 Å². The summed E-state index contributed by atoms with van der Waals surface area (Å²) in [7, 11) is -0.305. The number of nitrogens with zero attached hydrogens (tertiary/aromatic N) is 3. The van der Waals surface area contributed by atoms with Crippen molar-refractivity contribution in [2.45, 2.75) is 57.5 Å². The van der Waals surface area contributed by atoms with Crippen molar-refractivity contribution in [3.8, 4) is 0 Å².